The molecule has 1 aliphatic rings. The summed E-state index contributed by atoms with van der Waals surface area (Å²) in [6.45, 7) is 2.01. The largest absolute Gasteiger partial charge is 0.329 e. The van der Waals surface area contributed by atoms with Gasteiger partial charge < -0.3 is 5.21 Å². The van der Waals surface area contributed by atoms with Crippen LogP contribution in [-0.2, 0) is 0 Å². The molecule has 0 bridgehead atoms. The SMILES string of the molecule is CC1C=c2[nH]nnc2=c2[nH]n[n+](O)c2=C1. The Morgan fingerprint density at radius 2 is 2.27 bits per heavy atom. The molecule has 7 nitrogen and oxygen atoms in total. The molecule has 0 aliphatic heterocycles. The molecule has 2 aromatic heterocycles. The summed E-state index contributed by atoms with van der Waals surface area (Å²) >= 11 is 0. The van der Waals surface area contributed by atoms with E-state index < -0.39 is 0 Å². The first-order valence-electron chi connectivity index (χ1n) is 4.57. The Labute approximate surface area is 83.0 Å². The van der Waals surface area contributed by atoms with E-state index in [-0.39, 0.29) is 5.92 Å². The number of hydrogen-bond acceptors (Lipinski definition) is 4. The molecule has 7 heteroatoms. The first-order valence-corrected chi connectivity index (χ1v) is 4.57. The summed E-state index contributed by atoms with van der Waals surface area (Å²) in [5.41, 5.74) is 0. The third-order valence-corrected chi connectivity index (χ3v) is 2.39. The van der Waals surface area contributed by atoms with E-state index in [0.29, 0.717) is 16.0 Å². The number of hydrogen-bond donors (Lipinski definition) is 3. The monoisotopic (exact) mass is 205 g/mol. The number of H-pyrrole nitrogens is 2. The predicted molar refractivity (Wildman–Crippen MR) is 47.4 cm³/mol. The van der Waals surface area contributed by atoms with Crippen LogP contribution in [0.3, 0.4) is 0 Å². The van der Waals surface area contributed by atoms with Gasteiger partial charge in [0.2, 0.25) is 10.7 Å². The van der Waals surface area contributed by atoms with Gasteiger partial charge >= 0.3 is 0 Å². The standard InChI is InChI=1S/C8H8N6O/c1-4-2-5-7(10-12-9-5)8-6(3-4)14(15)13-11-8/h2-4,15H,1H3,(H,9,10,13)/p+1. The highest BCUT2D eigenvalue weighted by Crippen LogP contribution is 1.98. The van der Waals surface area contributed by atoms with Crippen LogP contribution in [0.5, 0.6) is 0 Å². The van der Waals surface area contributed by atoms with E-state index in [0.717, 1.165) is 10.2 Å². The van der Waals surface area contributed by atoms with Crippen LogP contribution < -0.4 is 15.5 Å². The molecule has 0 saturated heterocycles. The zero-order valence-corrected chi connectivity index (χ0v) is 7.97. The number of nitrogens with zero attached hydrogens (tertiary/aromatic N) is 4. The molecule has 0 radical (unpaired) electrons. The van der Waals surface area contributed by atoms with Crippen LogP contribution in [0.2, 0.25) is 0 Å². The van der Waals surface area contributed by atoms with Gasteiger partial charge in [-0.25, -0.2) is 0 Å². The molecule has 0 spiro atoms. The molecule has 15 heavy (non-hydrogen) atoms. The molecule has 1 unspecified atom stereocenters. The van der Waals surface area contributed by atoms with Crippen LogP contribution in [0.4, 0.5) is 0 Å². The zero-order chi connectivity index (χ0) is 10.4. The van der Waals surface area contributed by atoms with Crippen molar-refractivity contribution in [1.82, 2.24) is 25.7 Å². The number of fused-ring (bicyclic) bond motifs is 2. The lowest BCUT2D eigenvalue weighted by molar-refractivity contribution is -0.957. The molecule has 0 aromatic carbocycles. The molecular weight excluding hydrogens is 196 g/mol. The average Bonchev–Trinajstić information content (AvgIpc) is 2.73. The molecule has 2 aromatic rings. The van der Waals surface area contributed by atoms with Crippen LogP contribution >= 0.6 is 0 Å². The number of nitrogens with one attached hydrogen (secondary N) is 2. The van der Waals surface area contributed by atoms with E-state index in [4.69, 9.17) is 0 Å². The molecule has 3 N–H and O–H groups in total. The second-order valence-corrected chi connectivity index (χ2v) is 3.53. The molecule has 3 rings (SSSR count). The van der Waals surface area contributed by atoms with E-state index in [1.807, 2.05) is 19.1 Å². The Hall–Kier alpha value is -2.18. The van der Waals surface area contributed by atoms with Gasteiger partial charge in [0.05, 0.1) is 10.2 Å². The second-order valence-electron chi connectivity index (χ2n) is 3.53. The van der Waals surface area contributed by atoms with Gasteiger partial charge in [-0.3, -0.25) is 5.10 Å². The maximum atomic E-state index is 9.47. The topological polar surface area (TPSA) is 94.4 Å². The highest BCUT2D eigenvalue weighted by atomic mass is 16.5. The minimum atomic E-state index is 0.170. The first kappa shape index (κ1) is 8.16. The normalized spacial score (nSPS) is 18.3. The third kappa shape index (κ3) is 1.06. The number of aromatic amines is 2. The van der Waals surface area contributed by atoms with Crippen molar-refractivity contribution < 1.29 is 10.1 Å². The quantitative estimate of drug-likeness (QED) is 0.329. The van der Waals surface area contributed by atoms with Gasteiger partial charge in [0.1, 0.15) is 5.21 Å². The van der Waals surface area contributed by atoms with Crippen LogP contribution in [-0.4, -0.2) is 30.9 Å². The number of rotatable bonds is 0. The molecule has 2 heterocycles. The fourth-order valence-electron chi connectivity index (χ4n) is 1.73. The van der Waals surface area contributed by atoms with E-state index in [9.17, 15) is 5.21 Å². The van der Waals surface area contributed by atoms with Crippen LogP contribution in [0, 0.1) is 16.6 Å². The van der Waals surface area contributed by atoms with Crippen molar-refractivity contribution in [3.63, 3.8) is 0 Å². The van der Waals surface area contributed by atoms with Crippen LogP contribution in [0.15, 0.2) is 0 Å². The Bertz CT molecular complexity index is 711. The molecule has 0 fully saturated rings. The van der Waals surface area contributed by atoms with Crippen LogP contribution in [0.1, 0.15) is 6.92 Å². The smallest absolute Gasteiger partial charge is 0.245 e. The fraction of sp³-hybridized carbons (Fsp3) is 0.250. The van der Waals surface area contributed by atoms with E-state index in [1.165, 1.54) is 0 Å². The summed E-state index contributed by atoms with van der Waals surface area (Å²) in [6, 6.07) is 0. The van der Waals surface area contributed by atoms with Crippen molar-refractivity contribution in [3.8, 4) is 0 Å². The molecule has 76 valence electrons. The molecule has 1 aliphatic carbocycles. The van der Waals surface area contributed by atoms with Gasteiger partial charge in [-0.1, -0.05) is 18.2 Å². The summed E-state index contributed by atoms with van der Waals surface area (Å²) in [5.74, 6) is 0.170. The van der Waals surface area contributed by atoms with Gasteiger partial charge in [-0.05, 0) is 12.0 Å². The molecular formula is C8H9N6O+. The van der Waals surface area contributed by atoms with E-state index in [2.05, 4.69) is 25.7 Å². The summed E-state index contributed by atoms with van der Waals surface area (Å²) in [6.07, 6.45) is 3.89. The lowest BCUT2D eigenvalue weighted by atomic mass is 10.1. The lowest BCUT2D eigenvalue weighted by Crippen LogP contribution is -2.48. The van der Waals surface area contributed by atoms with Gasteiger partial charge in [0, 0.05) is 0 Å². The average molecular weight is 205 g/mol. The minimum Gasteiger partial charge on any atom is -0.329 e. The minimum absolute atomic E-state index is 0.170. The molecule has 1 atom stereocenters. The predicted octanol–water partition coefficient (Wildman–Crippen LogP) is -2.45. The maximum Gasteiger partial charge on any atom is 0.245 e. The molecule has 0 amide bonds. The van der Waals surface area contributed by atoms with Crippen molar-refractivity contribution in [2.24, 2.45) is 5.92 Å². The Kier molecular flexibility index (Phi) is 1.44. The highest BCUT2D eigenvalue weighted by Gasteiger charge is 2.12. The summed E-state index contributed by atoms with van der Waals surface area (Å²) in [4.78, 5) is 0.809. The maximum absolute atomic E-state index is 9.47. The number of aromatic nitrogens is 6. The Morgan fingerprint density at radius 1 is 1.40 bits per heavy atom. The second kappa shape index (κ2) is 2.66. The lowest BCUT2D eigenvalue weighted by Gasteiger charge is -1.90. The summed E-state index contributed by atoms with van der Waals surface area (Å²) < 4.78 is 0. The van der Waals surface area contributed by atoms with Crippen molar-refractivity contribution in [2.75, 3.05) is 0 Å². The van der Waals surface area contributed by atoms with Crippen LogP contribution in [0.25, 0.3) is 12.2 Å². The third-order valence-electron chi connectivity index (χ3n) is 2.39. The first-order chi connectivity index (χ1) is 7.25. The highest BCUT2D eigenvalue weighted by molar-refractivity contribution is 5.40. The molecule has 0 saturated carbocycles. The summed E-state index contributed by atoms with van der Waals surface area (Å²) in [5, 5.41) is 29.1. The zero-order valence-electron chi connectivity index (χ0n) is 7.97. The van der Waals surface area contributed by atoms with Gasteiger partial charge in [-0.15, -0.1) is 10.2 Å². The van der Waals surface area contributed by atoms with E-state index >= 15 is 0 Å². The van der Waals surface area contributed by atoms with E-state index in [1.54, 1.807) is 0 Å². The van der Waals surface area contributed by atoms with Crippen molar-refractivity contribution in [1.29, 1.82) is 0 Å². The summed E-state index contributed by atoms with van der Waals surface area (Å²) in [7, 11) is 0. The van der Waals surface area contributed by atoms with Gasteiger partial charge in [-0.2, -0.15) is 0 Å². The van der Waals surface area contributed by atoms with Crippen molar-refractivity contribution in [2.45, 2.75) is 6.92 Å². The Balaban J connectivity index is 2.72. The Morgan fingerprint density at radius 3 is 3.13 bits per heavy atom. The van der Waals surface area contributed by atoms with Gasteiger partial charge in [0.25, 0.3) is 0 Å². The van der Waals surface area contributed by atoms with Gasteiger partial charge in [0.15, 0.2) is 5.35 Å². The van der Waals surface area contributed by atoms with Crippen molar-refractivity contribution >= 4 is 12.2 Å². The van der Waals surface area contributed by atoms with Crippen molar-refractivity contribution in [3.05, 3.63) is 21.4 Å². The fourth-order valence-corrected chi connectivity index (χ4v) is 1.73.